The van der Waals surface area contributed by atoms with Crippen LogP contribution < -0.4 is 4.90 Å². The third kappa shape index (κ3) is 2.34. The molecule has 0 aliphatic carbocycles. The molecule has 0 radical (unpaired) electrons. The number of benzene rings is 1. The quantitative estimate of drug-likeness (QED) is 0.609. The van der Waals surface area contributed by atoms with Crippen LogP contribution in [0.15, 0.2) is 24.3 Å². The van der Waals surface area contributed by atoms with E-state index in [0.29, 0.717) is 12.2 Å². The van der Waals surface area contributed by atoms with Crippen molar-refractivity contribution in [3.63, 3.8) is 0 Å². The molecule has 0 saturated carbocycles. The highest BCUT2D eigenvalue weighted by molar-refractivity contribution is 5.86. The fourth-order valence-electron chi connectivity index (χ4n) is 2.50. The molecule has 1 fully saturated rings. The number of nitrogens with zero attached hydrogens (tertiary/aromatic N) is 2. The van der Waals surface area contributed by atoms with Crippen LogP contribution in [0.25, 0.3) is 0 Å². The molecule has 1 aromatic rings. The molecule has 5 nitrogen and oxygen atoms in total. The third-order valence-corrected chi connectivity index (χ3v) is 3.36. The van der Waals surface area contributed by atoms with Crippen molar-refractivity contribution in [3.05, 3.63) is 34.4 Å². The lowest BCUT2D eigenvalue weighted by Gasteiger charge is -2.35. The minimum atomic E-state index is -0.388. The summed E-state index contributed by atoms with van der Waals surface area (Å²) in [7, 11) is 0. The SMILES string of the molecule is CC(=O)C1CCCCN1c1ccccc1[N+](=O)[O-]. The molecule has 2 rings (SSSR count). The van der Waals surface area contributed by atoms with Gasteiger partial charge >= 0.3 is 0 Å². The van der Waals surface area contributed by atoms with Gasteiger partial charge in [0.2, 0.25) is 0 Å². The first kappa shape index (κ1) is 12.5. The van der Waals surface area contributed by atoms with Crippen LogP contribution in [-0.4, -0.2) is 23.3 Å². The number of para-hydroxylation sites is 2. The van der Waals surface area contributed by atoms with E-state index in [1.807, 2.05) is 4.90 Å². The van der Waals surface area contributed by atoms with Gasteiger partial charge in [-0.15, -0.1) is 0 Å². The fraction of sp³-hybridized carbons (Fsp3) is 0.462. The maximum absolute atomic E-state index is 11.7. The van der Waals surface area contributed by atoms with E-state index in [1.54, 1.807) is 25.1 Å². The second-order valence-electron chi connectivity index (χ2n) is 4.56. The van der Waals surface area contributed by atoms with Crippen LogP contribution in [0.4, 0.5) is 11.4 Å². The van der Waals surface area contributed by atoms with Crippen LogP contribution in [0.1, 0.15) is 26.2 Å². The van der Waals surface area contributed by atoms with Crippen molar-refractivity contribution in [2.75, 3.05) is 11.4 Å². The average Bonchev–Trinajstić information content (AvgIpc) is 2.38. The Morgan fingerprint density at radius 1 is 1.39 bits per heavy atom. The Morgan fingerprint density at radius 3 is 2.78 bits per heavy atom. The Bertz CT molecular complexity index is 473. The second kappa shape index (κ2) is 5.16. The Kier molecular flexibility index (Phi) is 3.60. The van der Waals surface area contributed by atoms with E-state index >= 15 is 0 Å². The molecule has 1 aromatic carbocycles. The van der Waals surface area contributed by atoms with E-state index in [1.165, 1.54) is 6.07 Å². The van der Waals surface area contributed by atoms with Crippen LogP contribution in [0.5, 0.6) is 0 Å². The van der Waals surface area contributed by atoms with Gasteiger partial charge in [0.1, 0.15) is 5.69 Å². The van der Waals surface area contributed by atoms with Crippen molar-refractivity contribution in [1.29, 1.82) is 0 Å². The molecule has 0 spiro atoms. The molecule has 1 unspecified atom stereocenters. The van der Waals surface area contributed by atoms with Gasteiger partial charge in [-0.3, -0.25) is 14.9 Å². The van der Waals surface area contributed by atoms with Gasteiger partial charge < -0.3 is 4.90 Å². The van der Waals surface area contributed by atoms with Gasteiger partial charge in [-0.05, 0) is 32.3 Å². The summed E-state index contributed by atoms with van der Waals surface area (Å²) in [5, 5.41) is 11.0. The predicted octanol–water partition coefficient (Wildman–Crippen LogP) is 2.54. The zero-order valence-corrected chi connectivity index (χ0v) is 10.3. The van der Waals surface area contributed by atoms with Gasteiger partial charge in [0.05, 0.1) is 11.0 Å². The van der Waals surface area contributed by atoms with Gasteiger partial charge in [0, 0.05) is 12.6 Å². The maximum Gasteiger partial charge on any atom is 0.292 e. The van der Waals surface area contributed by atoms with Crippen molar-refractivity contribution >= 4 is 17.2 Å². The molecule has 1 saturated heterocycles. The maximum atomic E-state index is 11.7. The standard InChI is InChI=1S/C13H16N2O3/c1-10(16)11-6-4-5-9-14(11)12-7-2-3-8-13(12)15(17)18/h2-3,7-8,11H,4-6,9H2,1H3. The van der Waals surface area contributed by atoms with Crippen LogP contribution in [0, 0.1) is 10.1 Å². The van der Waals surface area contributed by atoms with Crippen LogP contribution >= 0.6 is 0 Å². The highest BCUT2D eigenvalue weighted by Crippen LogP contribution is 2.32. The minimum absolute atomic E-state index is 0.0747. The third-order valence-electron chi connectivity index (χ3n) is 3.36. The van der Waals surface area contributed by atoms with Gasteiger partial charge in [-0.1, -0.05) is 12.1 Å². The van der Waals surface area contributed by atoms with E-state index < -0.39 is 0 Å². The molecular weight excluding hydrogens is 232 g/mol. The van der Waals surface area contributed by atoms with E-state index in [2.05, 4.69) is 0 Å². The molecule has 1 atom stereocenters. The second-order valence-corrected chi connectivity index (χ2v) is 4.56. The average molecular weight is 248 g/mol. The number of carbonyl (C=O) groups is 1. The molecule has 0 amide bonds. The van der Waals surface area contributed by atoms with Crippen LogP contribution in [-0.2, 0) is 4.79 Å². The molecule has 18 heavy (non-hydrogen) atoms. The molecule has 1 aliphatic heterocycles. The molecule has 1 aliphatic rings. The number of piperidine rings is 1. The zero-order chi connectivity index (χ0) is 13.1. The first-order valence-electron chi connectivity index (χ1n) is 6.12. The summed E-state index contributed by atoms with van der Waals surface area (Å²) in [6.45, 7) is 2.26. The largest absolute Gasteiger partial charge is 0.356 e. The molecule has 0 N–H and O–H groups in total. The first-order chi connectivity index (χ1) is 8.61. The summed E-state index contributed by atoms with van der Waals surface area (Å²) in [6.07, 6.45) is 2.75. The lowest BCUT2D eigenvalue weighted by molar-refractivity contribution is -0.384. The van der Waals surface area contributed by atoms with Gasteiger partial charge in [0.15, 0.2) is 5.78 Å². The lowest BCUT2D eigenvalue weighted by atomic mass is 9.98. The Labute approximate surface area is 106 Å². The molecule has 0 bridgehead atoms. The number of Topliss-reactive ketones (excluding diaryl/α,β-unsaturated/α-hetero) is 1. The highest BCUT2D eigenvalue weighted by atomic mass is 16.6. The van der Waals surface area contributed by atoms with E-state index in [9.17, 15) is 14.9 Å². The molecular formula is C13H16N2O3. The minimum Gasteiger partial charge on any atom is -0.356 e. The molecule has 96 valence electrons. The number of carbonyl (C=O) groups excluding carboxylic acids is 1. The Hall–Kier alpha value is -1.91. The number of anilines is 1. The van der Waals surface area contributed by atoms with Gasteiger partial charge in [-0.25, -0.2) is 0 Å². The molecule has 0 aromatic heterocycles. The highest BCUT2D eigenvalue weighted by Gasteiger charge is 2.30. The van der Waals surface area contributed by atoms with Crippen molar-refractivity contribution < 1.29 is 9.72 Å². The summed E-state index contributed by atoms with van der Waals surface area (Å²) in [5.41, 5.74) is 0.632. The number of hydrogen-bond acceptors (Lipinski definition) is 4. The van der Waals surface area contributed by atoms with Crippen LogP contribution in [0.3, 0.4) is 0 Å². The number of rotatable bonds is 3. The van der Waals surface area contributed by atoms with E-state index in [-0.39, 0.29) is 22.4 Å². The van der Waals surface area contributed by atoms with Crippen molar-refractivity contribution in [2.45, 2.75) is 32.2 Å². The number of nitro benzene ring substituents is 1. The van der Waals surface area contributed by atoms with Crippen LogP contribution in [0.2, 0.25) is 0 Å². The fourth-order valence-corrected chi connectivity index (χ4v) is 2.50. The normalized spacial score (nSPS) is 19.6. The predicted molar refractivity (Wildman–Crippen MR) is 68.8 cm³/mol. The summed E-state index contributed by atoms with van der Waals surface area (Å²) in [5.74, 6) is 0.0767. The monoisotopic (exact) mass is 248 g/mol. The van der Waals surface area contributed by atoms with E-state index in [4.69, 9.17) is 0 Å². The number of hydrogen-bond donors (Lipinski definition) is 0. The Morgan fingerprint density at radius 2 is 2.11 bits per heavy atom. The van der Waals surface area contributed by atoms with Crippen molar-refractivity contribution in [2.24, 2.45) is 0 Å². The Balaban J connectivity index is 2.39. The van der Waals surface area contributed by atoms with Crippen molar-refractivity contribution in [3.8, 4) is 0 Å². The summed E-state index contributed by atoms with van der Waals surface area (Å²) >= 11 is 0. The first-order valence-corrected chi connectivity index (χ1v) is 6.12. The summed E-state index contributed by atoms with van der Waals surface area (Å²) < 4.78 is 0. The smallest absolute Gasteiger partial charge is 0.292 e. The molecule has 5 heteroatoms. The van der Waals surface area contributed by atoms with Crippen molar-refractivity contribution in [1.82, 2.24) is 0 Å². The molecule has 1 heterocycles. The summed E-state index contributed by atoms with van der Waals surface area (Å²) in [4.78, 5) is 24.2. The summed E-state index contributed by atoms with van der Waals surface area (Å²) in [6, 6.07) is 6.41. The van der Waals surface area contributed by atoms with Gasteiger partial charge in [0.25, 0.3) is 5.69 Å². The number of nitro groups is 1. The van der Waals surface area contributed by atoms with Gasteiger partial charge in [-0.2, -0.15) is 0 Å². The topological polar surface area (TPSA) is 63.5 Å². The lowest BCUT2D eigenvalue weighted by Crippen LogP contribution is -2.44. The van der Waals surface area contributed by atoms with E-state index in [0.717, 1.165) is 19.3 Å². The zero-order valence-electron chi connectivity index (χ0n) is 10.3. The number of ketones is 1.